The number of halogens is 3. The van der Waals surface area contributed by atoms with Crippen LogP contribution in [-0.2, 0) is 10.9 Å². The lowest BCUT2D eigenvalue weighted by Gasteiger charge is -2.39. The van der Waals surface area contributed by atoms with Crippen molar-refractivity contribution in [3.05, 3.63) is 23.9 Å². The van der Waals surface area contributed by atoms with Crippen molar-refractivity contribution in [3.63, 3.8) is 0 Å². The highest BCUT2D eigenvalue weighted by atomic mass is 19.4. The molecule has 0 N–H and O–H groups in total. The van der Waals surface area contributed by atoms with Gasteiger partial charge in [-0.1, -0.05) is 0 Å². The summed E-state index contributed by atoms with van der Waals surface area (Å²) < 4.78 is 43.0. The Morgan fingerprint density at radius 2 is 2.12 bits per heavy atom. The maximum Gasteiger partial charge on any atom is 0.419 e. The Hall–Kier alpha value is -1.30. The molecule has 0 spiro atoms. The fourth-order valence-corrected chi connectivity index (χ4v) is 1.63. The normalized spacial score (nSPS) is 17.4. The van der Waals surface area contributed by atoms with Crippen molar-refractivity contribution in [1.29, 1.82) is 0 Å². The van der Waals surface area contributed by atoms with E-state index in [9.17, 15) is 13.2 Å². The van der Waals surface area contributed by atoms with Crippen molar-refractivity contribution in [2.75, 3.05) is 25.1 Å². The Morgan fingerprint density at radius 1 is 1.44 bits per heavy atom. The summed E-state index contributed by atoms with van der Waals surface area (Å²) in [6.45, 7) is 0.910. The lowest BCUT2D eigenvalue weighted by Crippen LogP contribution is -2.52. The molecule has 0 aromatic carbocycles. The molecule has 88 valence electrons. The van der Waals surface area contributed by atoms with Gasteiger partial charge in [-0.15, -0.1) is 0 Å². The van der Waals surface area contributed by atoms with Crippen LogP contribution in [0.4, 0.5) is 19.0 Å². The van der Waals surface area contributed by atoms with Crippen LogP contribution in [0.15, 0.2) is 18.3 Å². The molecule has 0 atom stereocenters. The molecule has 1 aromatic rings. The molecule has 0 radical (unpaired) electrons. The largest absolute Gasteiger partial charge is 0.419 e. The molecule has 3 nitrogen and oxygen atoms in total. The van der Waals surface area contributed by atoms with Crippen LogP contribution in [0, 0.1) is 0 Å². The van der Waals surface area contributed by atoms with Gasteiger partial charge in [-0.2, -0.15) is 13.2 Å². The van der Waals surface area contributed by atoms with Crippen molar-refractivity contribution in [2.45, 2.75) is 12.3 Å². The van der Waals surface area contributed by atoms with E-state index < -0.39 is 11.7 Å². The summed E-state index contributed by atoms with van der Waals surface area (Å²) in [4.78, 5) is 5.35. The van der Waals surface area contributed by atoms with Crippen molar-refractivity contribution >= 4 is 5.82 Å². The number of alkyl halides is 3. The molecule has 6 heteroatoms. The Kier molecular flexibility index (Phi) is 2.75. The molecule has 1 aromatic heterocycles. The predicted molar refractivity (Wildman–Crippen MR) is 52.2 cm³/mol. The second-order valence-corrected chi connectivity index (χ2v) is 3.64. The van der Waals surface area contributed by atoms with Gasteiger partial charge in [0.2, 0.25) is 0 Å². The average molecular weight is 232 g/mol. The molecular weight excluding hydrogens is 221 g/mol. The SMILES string of the molecule is COC1CN(c2ncccc2C(F)(F)F)C1. The monoisotopic (exact) mass is 232 g/mol. The highest BCUT2D eigenvalue weighted by molar-refractivity contribution is 5.50. The van der Waals surface area contributed by atoms with Gasteiger partial charge in [0.05, 0.1) is 11.7 Å². The number of rotatable bonds is 2. The van der Waals surface area contributed by atoms with E-state index in [-0.39, 0.29) is 11.9 Å². The topological polar surface area (TPSA) is 25.4 Å². The third kappa shape index (κ3) is 1.97. The zero-order chi connectivity index (χ0) is 11.8. The first-order chi connectivity index (χ1) is 7.52. The van der Waals surface area contributed by atoms with Gasteiger partial charge in [0, 0.05) is 26.4 Å². The van der Waals surface area contributed by atoms with E-state index in [0.29, 0.717) is 13.1 Å². The first-order valence-electron chi connectivity index (χ1n) is 4.82. The summed E-state index contributed by atoms with van der Waals surface area (Å²) in [6, 6.07) is 2.34. The van der Waals surface area contributed by atoms with Crippen LogP contribution in [0.1, 0.15) is 5.56 Å². The van der Waals surface area contributed by atoms with Crippen molar-refractivity contribution < 1.29 is 17.9 Å². The maximum absolute atomic E-state index is 12.7. The number of pyridine rings is 1. The van der Waals surface area contributed by atoms with Crippen LogP contribution >= 0.6 is 0 Å². The van der Waals surface area contributed by atoms with E-state index >= 15 is 0 Å². The molecule has 2 rings (SSSR count). The van der Waals surface area contributed by atoms with Gasteiger partial charge in [-0.25, -0.2) is 4.98 Å². The van der Waals surface area contributed by atoms with E-state index in [1.807, 2.05) is 0 Å². The molecule has 1 aliphatic heterocycles. The Bertz CT molecular complexity index is 375. The highest BCUT2D eigenvalue weighted by Gasteiger charge is 2.38. The van der Waals surface area contributed by atoms with Crippen LogP contribution in [0.2, 0.25) is 0 Å². The molecule has 0 aliphatic carbocycles. The van der Waals surface area contributed by atoms with Crippen LogP contribution in [0.3, 0.4) is 0 Å². The Morgan fingerprint density at radius 3 is 2.69 bits per heavy atom. The second kappa shape index (κ2) is 3.93. The minimum absolute atomic E-state index is 0.00286. The lowest BCUT2D eigenvalue weighted by atomic mass is 10.1. The standard InChI is InChI=1S/C10H11F3N2O/c1-16-7-5-15(6-7)9-8(10(11,12)13)3-2-4-14-9/h2-4,7H,5-6H2,1H3. The number of hydrogen-bond acceptors (Lipinski definition) is 3. The molecule has 1 aliphatic rings. The molecule has 1 fully saturated rings. The zero-order valence-electron chi connectivity index (χ0n) is 8.66. The van der Waals surface area contributed by atoms with E-state index in [1.54, 1.807) is 12.0 Å². The molecule has 16 heavy (non-hydrogen) atoms. The second-order valence-electron chi connectivity index (χ2n) is 3.64. The summed E-state index contributed by atoms with van der Waals surface area (Å²) in [5.41, 5.74) is -0.690. The van der Waals surface area contributed by atoms with Gasteiger partial charge in [0.15, 0.2) is 0 Å². The molecular formula is C10H11F3N2O. The maximum atomic E-state index is 12.7. The van der Waals surface area contributed by atoms with Crippen molar-refractivity contribution in [3.8, 4) is 0 Å². The quantitative estimate of drug-likeness (QED) is 0.779. The van der Waals surface area contributed by atoms with Gasteiger partial charge < -0.3 is 9.64 Å². The molecule has 0 bridgehead atoms. The minimum Gasteiger partial charge on any atom is -0.378 e. The molecule has 0 unspecified atom stereocenters. The summed E-state index contributed by atoms with van der Waals surface area (Å²) >= 11 is 0. The third-order valence-electron chi connectivity index (χ3n) is 2.57. The van der Waals surface area contributed by atoms with E-state index in [2.05, 4.69) is 4.98 Å². The number of anilines is 1. The number of nitrogens with zero attached hydrogens (tertiary/aromatic N) is 2. The molecule has 0 saturated carbocycles. The molecule has 0 amide bonds. The third-order valence-corrected chi connectivity index (χ3v) is 2.57. The van der Waals surface area contributed by atoms with Crippen LogP contribution < -0.4 is 4.90 Å². The zero-order valence-corrected chi connectivity index (χ0v) is 8.66. The number of hydrogen-bond donors (Lipinski definition) is 0. The van der Waals surface area contributed by atoms with Crippen molar-refractivity contribution in [1.82, 2.24) is 4.98 Å². The van der Waals surface area contributed by atoms with Gasteiger partial charge in [-0.05, 0) is 12.1 Å². The average Bonchev–Trinajstić information content (AvgIpc) is 2.15. The van der Waals surface area contributed by atoms with Crippen molar-refractivity contribution in [2.24, 2.45) is 0 Å². The van der Waals surface area contributed by atoms with E-state index in [4.69, 9.17) is 4.74 Å². The van der Waals surface area contributed by atoms with Crippen LogP contribution in [0.25, 0.3) is 0 Å². The van der Waals surface area contributed by atoms with E-state index in [0.717, 1.165) is 6.07 Å². The summed E-state index contributed by atoms with van der Waals surface area (Å²) in [7, 11) is 1.55. The predicted octanol–water partition coefficient (Wildman–Crippen LogP) is 1.94. The van der Waals surface area contributed by atoms with Gasteiger partial charge in [0.25, 0.3) is 0 Å². The van der Waals surface area contributed by atoms with E-state index in [1.165, 1.54) is 12.3 Å². The number of methoxy groups -OCH3 is 1. The minimum atomic E-state index is -4.36. The van der Waals surface area contributed by atoms with Crippen LogP contribution in [0.5, 0.6) is 0 Å². The highest BCUT2D eigenvalue weighted by Crippen LogP contribution is 2.36. The molecule has 1 saturated heterocycles. The first kappa shape index (κ1) is 11.2. The number of ether oxygens (including phenoxy) is 1. The Balaban J connectivity index is 2.22. The summed E-state index contributed by atoms with van der Waals surface area (Å²) in [5.74, 6) is -0.0108. The number of aromatic nitrogens is 1. The van der Waals surface area contributed by atoms with Gasteiger partial charge in [0.1, 0.15) is 5.82 Å². The lowest BCUT2D eigenvalue weighted by molar-refractivity contribution is -0.137. The summed E-state index contributed by atoms with van der Waals surface area (Å²) in [6.07, 6.45) is -2.99. The van der Waals surface area contributed by atoms with Gasteiger partial charge in [-0.3, -0.25) is 0 Å². The fourth-order valence-electron chi connectivity index (χ4n) is 1.63. The Labute approximate surface area is 90.8 Å². The summed E-state index contributed by atoms with van der Waals surface area (Å²) in [5, 5.41) is 0. The first-order valence-corrected chi connectivity index (χ1v) is 4.82. The fraction of sp³-hybridized carbons (Fsp3) is 0.500. The molecule has 2 heterocycles. The van der Waals surface area contributed by atoms with Gasteiger partial charge >= 0.3 is 6.18 Å². The van der Waals surface area contributed by atoms with Crippen LogP contribution in [-0.4, -0.2) is 31.3 Å². The smallest absolute Gasteiger partial charge is 0.378 e.